The molecule has 7 nitrogen and oxygen atoms in total. The first-order valence-corrected chi connectivity index (χ1v) is 7.15. The number of hydrogen-bond acceptors (Lipinski definition) is 6. The van der Waals surface area contributed by atoms with Crippen molar-refractivity contribution in [2.45, 2.75) is 25.8 Å². The number of nitrogens with one attached hydrogen (secondary N) is 1. The Morgan fingerprint density at radius 1 is 1.04 bits per heavy atom. The van der Waals surface area contributed by atoms with E-state index >= 15 is 0 Å². The summed E-state index contributed by atoms with van der Waals surface area (Å²) in [6, 6.07) is 8.12. The summed E-state index contributed by atoms with van der Waals surface area (Å²) < 4.78 is 9.70. The molecule has 1 aromatic carbocycles. The summed E-state index contributed by atoms with van der Waals surface area (Å²) >= 11 is 0. The maximum Gasteiger partial charge on any atom is 0.344 e. The summed E-state index contributed by atoms with van der Waals surface area (Å²) in [7, 11) is 0. The molecule has 0 saturated carbocycles. The van der Waals surface area contributed by atoms with Crippen LogP contribution >= 0.6 is 0 Å². The van der Waals surface area contributed by atoms with Crippen molar-refractivity contribution in [1.82, 2.24) is 5.32 Å². The second-order valence-corrected chi connectivity index (χ2v) is 4.57. The molecule has 1 N–H and O–H groups in total. The Hall–Kier alpha value is -2.70. The number of rotatable bonds is 9. The number of benzene rings is 1. The van der Waals surface area contributed by atoms with E-state index in [0.717, 1.165) is 0 Å². The minimum atomic E-state index is -2.19. The monoisotopic (exact) mass is 321 g/mol. The average Bonchev–Trinajstić information content (AvgIpc) is 2.55. The van der Waals surface area contributed by atoms with Gasteiger partial charge in [0.05, 0.1) is 19.6 Å². The summed E-state index contributed by atoms with van der Waals surface area (Å²) in [6.45, 7) is 3.07. The van der Waals surface area contributed by atoms with Crippen molar-refractivity contribution in [1.29, 1.82) is 0 Å². The van der Waals surface area contributed by atoms with Crippen LogP contribution in [-0.4, -0.2) is 42.9 Å². The van der Waals surface area contributed by atoms with Crippen LogP contribution in [0.2, 0.25) is 0 Å². The molecule has 0 atom stereocenters. The van der Waals surface area contributed by atoms with Crippen LogP contribution in [-0.2, 0) is 23.9 Å². The second kappa shape index (κ2) is 8.67. The van der Waals surface area contributed by atoms with Gasteiger partial charge in [-0.05, 0) is 13.8 Å². The Kier molecular flexibility index (Phi) is 6.92. The molecule has 0 fully saturated rings. The van der Waals surface area contributed by atoms with Crippen molar-refractivity contribution in [2.75, 3.05) is 13.2 Å². The lowest BCUT2D eigenvalue weighted by molar-refractivity contribution is -0.167. The molecule has 0 aliphatic carbocycles. The molecular weight excluding hydrogens is 302 g/mol. The van der Waals surface area contributed by atoms with Gasteiger partial charge in [0.2, 0.25) is 11.9 Å². The van der Waals surface area contributed by atoms with Gasteiger partial charge in [0.15, 0.2) is 5.78 Å². The van der Waals surface area contributed by atoms with E-state index in [1.54, 1.807) is 44.2 Å². The molecule has 1 aromatic rings. The maximum atomic E-state index is 12.4. The van der Waals surface area contributed by atoms with Crippen LogP contribution in [0.4, 0.5) is 0 Å². The van der Waals surface area contributed by atoms with Crippen LogP contribution in [0, 0.1) is 0 Å². The molecule has 124 valence electrons. The molecule has 0 aromatic heterocycles. The van der Waals surface area contributed by atoms with E-state index in [-0.39, 0.29) is 19.6 Å². The van der Waals surface area contributed by atoms with E-state index in [1.165, 1.54) is 0 Å². The summed E-state index contributed by atoms with van der Waals surface area (Å²) in [6.07, 6.45) is -0.417. The van der Waals surface area contributed by atoms with Crippen LogP contribution in [0.5, 0.6) is 0 Å². The van der Waals surface area contributed by atoms with Gasteiger partial charge in [-0.15, -0.1) is 0 Å². The van der Waals surface area contributed by atoms with Crippen molar-refractivity contribution < 1.29 is 28.7 Å². The zero-order chi connectivity index (χ0) is 17.3. The van der Waals surface area contributed by atoms with Crippen LogP contribution < -0.4 is 5.32 Å². The minimum Gasteiger partial charge on any atom is -0.464 e. The standard InChI is InChI=1S/C16H19NO6/c1-3-22-14(20)16(17-11-18,15(21)23-4-2)10-13(19)12-8-6-5-7-9-12/h5-9,11H,3-4,10H2,1-2H3,(H,17,18). The lowest BCUT2D eigenvalue weighted by Crippen LogP contribution is -2.60. The Bertz CT molecular complexity index is 551. The first-order valence-electron chi connectivity index (χ1n) is 7.15. The Balaban J connectivity index is 3.19. The van der Waals surface area contributed by atoms with Gasteiger partial charge in [-0.1, -0.05) is 30.3 Å². The Labute approximate surface area is 134 Å². The van der Waals surface area contributed by atoms with Gasteiger partial charge < -0.3 is 14.8 Å². The fourth-order valence-electron chi connectivity index (χ4n) is 1.97. The highest BCUT2D eigenvalue weighted by molar-refractivity contribution is 6.12. The van der Waals surface area contributed by atoms with Crippen molar-refractivity contribution in [3.63, 3.8) is 0 Å². The molecule has 0 bridgehead atoms. The van der Waals surface area contributed by atoms with Gasteiger partial charge >= 0.3 is 11.9 Å². The molecule has 1 rings (SSSR count). The quantitative estimate of drug-likeness (QED) is 0.314. The first kappa shape index (κ1) is 18.3. The molecule has 0 saturated heterocycles. The molecule has 0 radical (unpaired) electrons. The Morgan fingerprint density at radius 3 is 2.00 bits per heavy atom. The SMILES string of the molecule is CCOC(=O)C(CC(=O)c1ccccc1)(NC=O)C(=O)OCC. The second-order valence-electron chi connectivity index (χ2n) is 4.57. The molecule has 0 aliphatic heterocycles. The lowest BCUT2D eigenvalue weighted by Gasteiger charge is -2.27. The molecule has 7 heteroatoms. The summed E-state index contributed by atoms with van der Waals surface area (Å²) in [5.41, 5.74) is -1.89. The fraction of sp³-hybridized carbons (Fsp3) is 0.375. The number of carbonyl (C=O) groups excluding carboxylic acids is 4. The van der Waals surface area contributed by atoms with Crippen LogP contribution in [0.1, 0.15) is 30.6 Å². The summed E-state index contributed by atoms with van der Waals surface area (Å²) in [5.74, 6) is -2.56. The number of ketones is 1. The summed E-state index contributed by atoms with van der Waals surface area (Å²) in [4.78, 5) is 47.8. The van der Waals surface area contributed by atoms with Gasteiger partial charge in [0, 0.05) is 5.56 Å². The lowest BCUT2D eigenvalue weighted by atomic mass is 9.90. The molecule has 23 heavy (non-hydrogen) atoms. The first-order chi connectivity index (χ1) is 11.0. The van der Waals surface area contributed by atoms with Crippen LogP contribution in [0.25, 0.3) is 0 Å². The predicted molar refractivity (Wildman–Crippen MR) is 80.6 cm³/mol. The largest absolute Gasteiger partial charge is 0.464 e. The van der Waals surface area contributed by atoms with Gasteiger partial charge in [-0.2, -0.15) is 0 Å². The smallest absolute Gasteiger partial charge is 0.344 e. The number of Topliss-reactive ketones (excluding diaryl/α,β-unsaturated/α-hetero) is 1. The van der Waals surface area contributed by atoms with E-state index < -0.39 is 29.7 Å². The van der Waals surface area contributed by atoms with E-state index in [0.29, 0.717) is 5.56 Å². The topological polar surface area (TPSA) is 98.8 Å². The molecule has 0 unspecified atom stereocenters. The van der Waals surface area contributed by atoms with E-state index in [1.807, 2.05) is 0 Å². The van der Waals surface area contributed by atoms with E-state index in [2.05, 4.69) is 5.32 Å². The number of amides is 1. The van der Waals surface area contributed by atoms with Crippen LogP contribution in [0.3, 0.4) is 0 Å². The van der Waals surface area contributed by atoms with Gasteiger partial charge in [-0.25, -0.2) is 9.59 Å². The number of ether oxygens (including phenoxy) is 2. The zero-order valence-electron chi connectivity index (χ0n) is 13.0. The van der Waals surface area contributed by atoms with Gasteiger partial charge in [0.25, 0.3) is 0 Å². The Morgan fingerprint density at radius 2 is 1.57 bits per heavy atom. The molecule has 0 aliphatic rings. The van der Waals surface area contributed by atoms with Gasteiger partial charge in [-0.3, -0.25) is 9.59 Å². The average molecular weight is 321 g/mol. The predicted octanol–water partition coefficient (Wildman–Crippen LogP) is 0.870. The number of esters is 2. The fourth-order valence-corrected chi connectivity index (χ4v) is 1.97. The molecule has 1 amide bonds. The summed E-state index contributed by atoms with van der Waals surface area (Å²) in [5, 5.41) is 2.12. The van der Waals surface area contributed by atoms with Gasteiger partial charge in [0.1, 0.15) is 0 Å². The van der Waals surface area contributed by atoms with Crippen LogP contribution in [0.15, 0.2) is 30.3 Å². The van der Waals surface area contributed by atoms with Crippen molar-refractivity contribution >= 4 is 24.1 Å². The highest BCUT2D eigenvalue weighted by Gasteiger charge is 2.50. The van der Waals surface area contributed by atoms with E-state index in [9.17, 15) is 19.2 Å². The zero-order valence-corrected chi connectivity index (χ0v) is 13.0. The maximum absolute atomic E-state index is 12.4. The third kappa shape index (κ3) is 4.38. The number of carbonyl (C=O) groups is 4. The minimum absolute atomic E-state index is 0.0138. The normalized spacial score (nSPS) is 10.5. The number of hydrogen-bond donors (Lipinski definition) is 1. The molecule has 0 spiro atoms. The molecule has 0 heterocycles. The van der Waals surface area contributed by atoms with Crippen molar-refractivity contribution in [2.24, 2.45) is 0 Å². The third-order valence-electron chi connectivity index (χ3n) is 3.07. The molecular formula is C16H19NO6. The van der Waals surface area contributed by atoms with E-state index in [4.69, 9.17) is 9.47 Å². The van der Waals surface area contributed by atoms with Crippen molar-refractivity contribution in [3.05, 3.63) is 35.9 Å². The highest BCUT2D eigenvalue weighted by Crippen LogP contribution is 2.19. The van der Waals surface area contributed by atoms with Crippen molar-refractivity contribution in [3.8, 4) is 0 Å². The highest BCUT2D eigenvalue weighted by atomic mass is 16.6. The third-order valence-corrected chi connectivity index (χ3v) is 3.07.